The predicted octanol–water partition coefficient (Wildman–Crippen LogP) is 2.89. The lowest BCUT2D eigenvalue weighted by molar-refractivity contribution is -0.119. The number of rotatable bonds is 7. The van der Waals surface area contributed by atoms with Crippen LogP contribution in [0.5, 0.6) is 5.75 Å². The first-order valence-electron chi connectivity index (χ1n) is 8.13. The van der Waals surface area contributed by atoms with Crippen LogP contribution < -0.4 is 15.4 Å². The van der Waals surface area contributed by atoms with Crippen LogP contribution in [-0.4, -0.2) is 38.0 Å². The van der Waals surface area contributed by atoms with Gasteiger partial charge < -0.3 is 20.1 Å². The van der Waals surface area contributed by atoms with E-state index in [9.17, 15) is 14.4 Å². The SMILES string of the molecule is CCNC(=O)c1cccc(NC(=O)COC(=O)c2cc(Cl)ccc2OC)c1. The van der Waals surface area contributed by atoms with Crippen molar-refractivity contribution in [2.24, 2.45) is 0 Å². The first kappa shape index (κ1) is 20.3. The Hall–Kier alpha value is -3.06. The molecule has 0 atom stereocenters. The largest absolute Gasteiger partial charge is 0.496 e. The third-order valence-electron chi connectivity index (χ3n) is 3.46. The van der Waals surface area contributed by atoms with E-state index >= 15 is 0 Å². The summed E-state index contributed by atoms with van der Waals surface area (Å²) >= 11 is 5.88. The van der Waals surface area contributed by atoms with Gasteiger partial charge in [-0.25, -0.2) is 4.79 Å². The first-order chi connectivity index (χ1) is 12.9. The lowest BCUT2D eigenvalue weighted by atomic mass is 10.2. The van der Waals surface area contributed by atoms with E-state index in [2.05, 4.69) is 10.6 Å². The Labute approximate surface area is 161 Å². The number of halogens is 1. The molecular formula is C19H19ClN2O5. The zero-order valence-corrected chi connectivity index (χ0v) is 15.6. The zero-order valence-electron chi connectivity index (χ0n) is 14.9. The molecule has 2 N–H and O–H groups in total. The van der Waals surface area contributed by atoms with Crippen molar-refractivity contribution < 1.29 is 23.9 Å². The van der Waals surface area contributed by atoms with Gasteiger partial charge in [-0.05, 0) is 43.3 Å². The smallest absolute Gasteiger partial charge is 0.342 e. The van der Waals surface area contributed by atoms with Gasteiger partial charge in [-0.2, -0.15) is 0 Å². The van der Waals surface area contributed by atoms with Crippen LogP contribution in [0.25, 0.3) is 0 Å². The average molecular weight is 391 g/mol. The van der Waals surface area contributed by atoms with Crippen molar-refractivity contribution in [3.63, 3.8) is 0 Å². The van der Waals surface area contributed by atoms with Crippen molar-refractivity contribution in [2.45, 2.75) is 6.92 Å². The molecule has 0 aromatic heterocycles. The quantitative estimate of drug-likeness (QED) is 0.709. The minimum atomic E-state index is -0.736. The molecule has 0 fully saturated rings. The van der Waals surface area contributed by atoms with Crippen LogP contribution in [0.3, 0.4) is 0 Å². The van der Waals surface area contributed by atoms with Gasteiger partial charge in [0.05, 0.1) is 7.11 Å². The molecule has 27 heavy (non-hydrogen) atoms. The molecule has 2 rings (SSSR count). The number of carbonyl (C=O) groups excluding carboxylic acids is 3. The number of benzene rings is 2. The molecule has 0 aliphatic rings. The van der Waals surface area contributed by atoms with Crippen molar-refractivity contribution in [3.8, 4) is 5.75 Å². The van der Waals surface area contributed by atoms with Crippen molar-refractivity contribution in [3.05, 3.63) is 58.6 Å². The van der Waals surface area contributed by atoms with Gasteiger partial charge in [-0.3, -0.25) is 9.59 Å². The summed E-state index contributed by atoms with van der Waals surface area (Å²) in [5, 5.41) is 5.59. The Bertz CT molecular complexity index is 854. The third kappa shape index (κ3) is 5.72. The number of hydrogen-bond donors (Lipinski definition) is 2. The fraction of sp³-hybridized carbons (Fsp3) is 0.211. The molecule has 8 heteroatoms. The van der Waals surface area contributed by atoms with E-state index in [0.29, 0.717) is 28.6 Å². The molecule has 0 heterocycles. The molecule has 2 aromatic rings. The van der Waals surface area contributed by atoms with Crippen LogP contribution in [0, 0.1) is 0 Å². The summed E-state index contributed by atoms with van der Waals surface area (Å²) in [6.07, 6.45) is 0. The minimum Gasteiger partial charge on any atom is -0.496 e. The highest BCUT2D eigenvalue weighted by molar-refractivity contribution is 6.31. The van der Waals surface area contributed by atoms with Gasteiger partial charge in [0.25, 0.3) is 11.8 Å². The van der Waals surface area contributed by atoms with Crippen LogP contribution in [0.2, 0.25) is 5.02 Å². The van der Waals surface area contributed by atoms with Crippen LogP contribution in [0.15, 0.2) is 42.5 Å². The lowest BCUT2D eigenvalue weighted by Gasteiger charge is -2.10. The van der Waals surface area contributed by atoms with Gasteiger partial charge in [-0.1, -0.05) is 17.7 Å². The Kier molecular flexibility index (Phi) is 7.19. The van der Waals surface area contributed by atoms with E-state index in [4.69, 9.17) is 21.1 Å². The first-order valence-corrected chi connectivity index (χ1v) is 8.51. The number of carbonyl (C=O) groups is 3. The number of anilines is 1. The van der Waals surface area contributed by atoms with Crippen LogP contribution in [0.1, 0.15) is 27.6 Å². The Morgan fingerprint density at radius 2 is 1.89 bits per heavy atom. The summed E-state index contributed by atoms with van der Waals surface area (Å²) in [5.74, 6) is -1.23. The number of nitrogens with one attached hydrogen (secondary N) is 2. The van der Waals surface area contributed by atoms with Crippen molar-refractivity contribution >= 4 is 35.1 Å². The van der Waals surface area contributed by atoms with Crippen LogP contribution in [-0.2, 0) is 9.53 Å². The topological polar surface area (TPSA) is 93.7 Å². The number of ether oxygens (including phenoxy) is 2. The van der Waals surface area contributed by atoms with Crippen molar-refractivity contribution in [1.29, 1.82) is 0 Å². The maximum atomic E-state index is 12.2. The van der Waals surface area contributed by atoms with Crippen molar-refractivity contribution in [1.82, 2.24) is 5.32 Å². The predicted molar refractivity (Wildman–Crippen MR) is 101 cm³/mol. The molecule has 142 valence electrons. The second kappa shape index (κ2) is 9.59. The average Bonchev–Trinajstić information content (AvgIpc) is 2.66. The highest BCUT2D eigenvalue weighted by Gasteiger charge is 2.16. The van der Waals surface area contributed by atoms with Gasteiger partial charge in [0.1, 0.15) is 11.3 Å². The van der Waals surface area contributed by atoms with Gasteiger partial charge in [0.2, 0.25) is 0 Å². The molecular weight excluding hydrogens is 372 g/mol. The normalized spacial score (nSPS) is 10.0. The monoisotopic (exact) mass is 390 g/mol. The van der Waals surface area contributed by atoms with E-state index < -0.39 is 18.5 Å². The summed E-state index contributed by atoms with van der Waals surface area (Å²) in [6.45, 7) is 1.81. The maximum absolute atomic E-state index is 12.2. The van der Waals surface area contributed by atoms with Gasteiger partial charge in [0, 0.05) is 22.8 Å². The second-order valence-electron chi connectivity index (χ2n) is 5.41. The number of amides is 2. The number of esters is 1. The highest BCUT2D eigenvalue weighted by atomic mass is 35.5. The summed E-state index contributed by atoms with van der Waals surface area (Å²) in [7, 11) is 1.41. The Morgan fingerprint density at radius 3 is 2.59 bits per heavy atom. The van der Waals surface area contributed by atoms with E-state index in [1.165, 1.54) is 25.3 Å². The fourth-order valence-electron chi connectivity index (χ4n) is 2.25. The van der Waals surface area contributed by atoms with E-state index in [1.807, 2.05) is 6.92 Å². The number of hydrogen-bond acceptors (Lipinski definition) is 5. The summed E-state index contributed by atoms with van der Waals surface area (Å²) in [5.41, 5.74) is 0.950. The van der Waals surface area contributed by atoms with Crippen LogP contribution >= 0.6 is 11.6 Å². The van der Waals surface area contributed by atoms with Gasteiger partial charge >= 0.3 is 5.97 Å². The minimum absolute atomic E-state index is 0.121. The molecule has 0 saturated heterocycles. The molecule has 2 aromatic carbocycles. The molecule has 0 unspecified atom stereocenters. The number of methoxy groups -OCH3 is 1. The summed E-state index contributed by atoms with van der Waals surface area (Å²) in [6, 6.07) is 10.9. The summed E-state index contributed by atoms with van der Waals surface area (Å²) < 4.78 is 10.1. The molecule has 2 amide bonds. The van der Waals surface area contributed by atoms with E-state index in [-0.39, 0.29) is 11.5 Å². The molecule has 0 bridgehead atoms. The molecule has 0 radical (unpaired) electrons. The van der Waals surface area contributed by atoms with E-state index in [0.717, 1.165) is 0 Å². The van der Waals surface area contributed by atoms with Crippen molar-refractivity contribution in [2.75, 3.05) is 25.6 Å². The fourth-order valence-corrected chi connectivity index (χ4v) is 2.42. The second-order valence-corrected chi connectivity index (χ2v) is 5.85. The zero-order chi connectivity index (χ0) is 19.8. The molecule has 0 aliphatic carbocycles. The third-order valence-corrected chi connectivity index (χ3v) is 3.70. The maximum Gasteiger partial charge on any atom is 0.342 e. The lowest BCUT2D eigenvalue weighted by Crippen LogP contribution is -2.23. The highest BCUT2D eigenvalue weighted by Crippen LogP contribution is 2.23. The molecule has 0 aliphatic heterocycles. The Morgan fingerprint density at radius 1 is 1.11 bits per heavy atom. The standard InChI is InChI=1S/C19H19ClN2O5/c1-3-21-18(24)12-5-4-6-14(9-12)22-17(23)11-27-19(25)15-10-13(20)7-8-16(15)26-2/h4-10H,3,11H2,1-2H3,(H,21,24)(H,22,23). The summed E-state index contributed by atoms with van der Waals surface area (Å²) in [4.78, 5) is 36.0. The molecule has 7 nitrogen and oxygen atoms in total. The molecule has 0 spiro atoms. The van der Waals surface area contributed by atoms with Gasteiger partial charge in [-0.15, -0.1) is 0 Å². The Balaban J connectivity index is 1.97. The molecule has 0 saturated carbocycles. The van der Waals surface area contributed by atoms with Gasteiger partial charge in [0.15, 0.2) is 6.61 Å². The van der Waals surface area contributed by atoms with E-state index in [1.54, 1.807) is 24.3 Å². The van der Waals surface area contributed by atoms with Crippen LogP contribution in [0.4, 0.5) is 5.69 Å².